The van der Waals surface area contributed by atoms with Gasteiger partial charge in [0.1, 0.15) is 0 Å². The lowest BCUT2D eigenvalue weighted by Gasteiger charge is -2.38. The van der Waals surface area contributed by atoms with Crippen LogP contribution >= 0.6 is 12.4 Å². The van der Waals surface area contributed by atoms with E-state index >= 15 is 0 Å². The summed E-state index contributed by atoms with van der Waals surface area (Å²) in [5.74, 6) is -0.0435. The number of amides is 1. The first kappa shape index (κ1) is 18.7. The second-order valence-electron chi connectivity index (χ2n) is 7.04. The fraction of sp³-hybridized carbons (Fsp3) is 0.421. The summed E-state index contributed by atoms with van der Waals surface area (Å²) >= 11 is 0. The summed E-state index contributed by atoms with van der Waals surface area (Å²) in [6.07, 6.45) is 0.192. The van der Waals surface area contributed by atoms with Gasteiger partial charge in [0, 0.05) is 19.0 Å². The number of halogens is 1. The quantitative estimate of drug-likeness (QED) is 0.876. The van der Waals surface area contributed by atoms with E-state index in [0.717, 1.165) is 12.0 Å². The van der Waals surface area contributed by atoms with Crippen LogP contribution in [0.25, 0.3) is 10.8 Å². The molecule has 2 aromatic carbocycles. The highest BCUT2D eigenvalue weighted by Crippen LogP contribution is 2.31. The molecule has 5 heteroatoms. The summed E-state index contributed by atoms with van der Waals surface area (Å²) in [6, 6.07) is 14.5. The number of β-amino-alcohol motifs (C(OH)–C–C–N with tert-alkyl or cyclic N) is 1. The van der Waals surface area contributed by atoms with E-state index in [1.807, 2.05) is 12.1 Å². The molecule has 1 aliphatic heterocycles. The zero-order valence-electron chi connectivity index (χ0n) is 14.1. The summed E-state index contributed by atoms with van der Waals surface area (Å²) in [5.41, 5.74) is 6.13. The summed E-state index contributed by atoms with van der Waals surface area (Å²) in [5, 5.41) is 12.9. The number of aliphatic hydroxyl groups is 1. The SMILES string of the molecule is CC(C)(N)C(=O)N1CC[C@@H](c2ccc3ccccc3c2)[C@H](O)C1.Cl. The topological polar surface area (TPSA) is 66.6 Å². The van der Waals surface area contributed by atoms with Crippen LogP contribution in [0.1, 0.15) is 31.7 Å². The van der Waals surface area contributed by atoms with Crippen molar-refractivity contribution >= 4 is 29.1 Å². The zero-order chi connectivity index (χ0) is 16.6. The van der Waals surface area contributed by atoms with Crippen molar-refractivity contribution < 1.29 is 9.90 Å². The fourth-order valence-electron chi connectivity index (χ4n) is 3.35. The van der Waals surface area contributed by atoms with Gasteiger partial charge >= 0.3 is 0 Å². The Labute approximate surface area is 149 Å². The smallest absolute Gasteiger partial charge is 0.242 e. The number of nitrogens with zero attached hydrogens (tertiary/aromatic N) is 1. The maximum absolute atomic E-state index is 12.3. The van der Waals surface area contributed by atoms with Crippen LogP contribution in [0.2, 0.25) is 0 Å². The molecule has 0 spiro atoms. The summed E-state index contributed by atoms with van der Waals surface area (Å²) in [7, 11) is 0. The third kappa shape index (κ3) is 3.72. The molecule has 1 fully saturated rings. The first-order chi connectivity index (χ1) is 10.9. The molecule has 3 rings (SSSR count). The molecule has 1 saturated heterocycles. The molecule has 4 nitrogen and oxygen atoms in total. The third-order valence-electron chi connectivity index (χ3n) is 4.62. The molecule has 0 aromatic heterocycles. The molecule has 0 unspecified atom stereocenters. The van der Waals surface area contributed by atoms with E-state index in [-0.39, 0.29) is 24.2 Å². The molecule has 3 N–H and O–H groups in total. The van der Waals surface area contributed by atoms with Gasteiger partial charge in [-0.25, -0.2) is 0 Å². The highest BCUT2D eigenvalue weighted by Gasteiger charge is 2.35. The Morgan fingerprint density at radius 2 is 1.88 bits per heavy atom. The van der Waals surface area contributed by atoms with Gasteiger partial charge in [-0.2, -0.15) is 0 Å². The number of carbonyl (C=O) groups is 1. The molecule has 0 bridgehead atoms. The van der Waals surface area contributed by atoms with Gasteiger partial charge in [-0.05, 0) is 36.6 Å². The largest absolute Gasteiger partial charge is 0.391 e. The monoisotopic (exact) mass is 348 g/mol. The summed E-state index contributed by atoms with van der Waals surface area (Å²) in [4.78, 5) is 14.0. The predicted molar refractivity (Wildman–Crippen MR) is 99.4 cm³/mol. The van der Waals surface area contributed by atoms with Crippen LogP contribution in [-0.4, -0.2) is 40.6 Å². The maximum atomic E-state index is 12.3. The van der Waals surface area contributed by atoms with Crippen molar-refractivity contribution in [1.82, 2.24) is 4.90 Å². The number of hydrogen-bond donors (Lipinski definition) is 2. The van der Waals surface area contributed by atoms with Gasteiger partial charge in [-0.1, -0.05) is 42.5 Å². The molecular formula is C19H25ClN2O2. The summed E-state index contributed by atoms with van der Waals surface area (Å²) in [6.45, 7) is 4.39. The number of hydrogen-bond acceptors (Lipinski definition) is 3. The van der Waals surface area contributed by atoms with Crippen molar-refractivity contribution in [2.45, 2.75) is 37.8 Å². The molecule has 1 aliphatic rings. The van der Waals surface area contributed by atoms with Crippen LogP contribution in [0, 0.1) is 0 Å². The fourth-order valence-corrected chi connectivity index (χ4v) is 3.35. The van der Waals surface area contributed by atoms with Crippen molar-refractivity contribution in [3.63, 3.8) is 0 Å². The maximum Gasteiger partial charge on any atom is 0.242 e. The minimum atomic E-state index is -0.893. The lowest BCUT2D eigenvalue weighted by Crippen LogP contribution is -2.55. The van der Waals surface area contributed by atoms with Crippen molar-refractivity contribution in [3.05, 3.63) is 48.0 Å². The second-order valence-corrected chi connectivity index (χ2v) is 7.04. The standard InChI is InChI=1S/C19H24N2O2.ClH/c1-19(2,20)18(23)21-10-9-16(17(22)12-21)15-8-7-13-5-3-4-6-14(13)11-15;/h3-8,11,16-17,22H,9-10,12,20H2,1-2H3;1H/t16-,17+;/m0./s1. The number of rotatable bonds is 2. The third-order valence-corrected chi connectivity index (χ3v) is 4.62. The molecule has 2 atom stereocenters. The lowest BCUT2D eigenvalue weighted by molar-refractivity contribution is -0.139. The molecule has 24 heavy (non-hydrogen) atoms. The summed E-state index contributed by atoms with van der Waals surface area (Å²) < 4.78 is 0. The Bertz CT molecular complexity index is 727. The van der Waals surface area contributed by atoms with Crippen LogP contribution in [0.5, 0.6) is 0 Å². The average molecular weight is 349 g/mol. The molecule has 0 saturated carbocycles. The zero-order valence-corrected chi connectivity index (χ0v) is 14.9. The average Bonchev–Trinajstić information content (AvgIpc) is 2.52. The minimum Gasteiger partial charge on any atom is -0.391 e. The van der Waals surface area contributed by atoms with E-state index < -0.39 is 11.6 Å². The number of likely N-dealkylation sites (tertiary alicyclic amines) is 1. The lowest BCUT2D eigenvalue weighted by atomic mass is 9.85. The number of nitrogens with two attached hydrogens (primary N) is 1. The van der Waals surface area contributed by atoms with Gasteiger partial charge in [0.2, 0.25) is 5.91 Å². The predicted octanol–water partition coefficient (Wildman–Crippen LogP) is 2.68. The normalized spacial score (nSPS) is 21.4. The Hall–Kier alpha value is -1.62. The Balaban J connectivity index is 0.00000208. The van der Waals surface area contributed by atoms with E-state index in [0.29, 0.717) is 13.1 Å². The van der Waals surface area contributed by atoms with Crippen molar-refractivity contribution in [3.8, 4) is 0 Å². The highest BCUT2D eigenvalue weighted by molar-refractivity contribution is 5.86. The van der Waals surface area contributed by atoms with Crippen LogP contribution in [0.4, 0.5) is 0 Å². The van der Waals surface area contributed by atoms with Gasteiger partial charge in [0.15, 0.2) is 0 Å². The van der Waals surface area contributed by atoms with Gasteiger partial charge in [-0.15, -0.1) is 12.4 Å². The molecular weight excluding hydrogens is 324 g/mol. The van der Waals surface area contributed by atoms with E-state index in [2.05, 4.69) is 30.3 Å². The minimum absolute atomic E-state index is 0. The number of fused-ring (bicyclic) bond motifs is 1. The van der Waals surface area contributed by atoms with Gasteiger partial charge < -0.3 is 15.7 Å². The number of aliphatic hydroxyl groups excluding tert-OH is 1. The Morgan fingerprint density at radius 3 is 2.50 bits per heavy atom. The number of benzene rings is 2. The van der Waals surface area contributed by atoms with Crippen molar-refractivity contribution in [2.75, 3.05) is 13.1 Å². The molecule has 1 amide bonds. The first-order valence-electron chi connectivity index (χ1n) is 8.11. The second kappa shape index (κ2) is 7.09. The molecule has 0 radical (unpaired) electrons. The molecule has 130 valence electrons. The van der Waals surface area contributed by atoms with E-state index in [1.54, 1.807) is 18.7 Å². The Kier molecular flexibility index (Phi) is 5.53. The Morgan fingerprint density at radius 1 is 1.21 bits per heavy atom. The van der Waals surface area contributed by atoms with Crippen molar-refractivity contribution in [1.29, 1.82) is 0 Å². The van der Waals surface area contributed by atoms with Crippen LogP contribution < -0.4 is 5.73 Å². The van der Waals surface area contributed by atoms with E-state index in [1.165, 1.54) is 10.8 Å². The van der Waals surface area contributed by atoms with Crippen LogP contribution in [0.15, 0.2) is 42.5 Å². The van der Waals surface area contributed by atoms with E-state index in [9.17, 15) is 9.90 Å². The van der Waals surface area contributed by atoms with Gasteiger partial charge in [0.25, 0.3) is 0 Å². The van der Waals surface area contributed by atoms with E-state index in [4.69, 9.17) is 5.73 Å². The van der Waals surface area contributed by atoms with Gasteiger partial charge in [-0.3, -0.25) is 4.79 Å². The molecule has 1 heterocycles. The highest BCUT2D eigenvalue weighted by atomic mass is 35.5. The van der Waals surface area contributed by atoms with Crippen LogP contribution in [0.3, 0.4) is 0 Å². The number of carbonyl (C=O) groups excluding carboxylic acids is 1. The van der Waals surface area contributed by atoms with Gasteiger partial charge in [0.05, 0.1) is 11.6 Å². The molecule has 0 aliphatic carbocycles. The van der Waals surface area contributed by atoms with Crippen molar-refractivity contribution in [2.24, 2.45) is 5.73 Å². The first-order valence-corrected chi connectivity index (χ1v) is 8.11. The number of piperidine rings is 1. The molecule has 2 aromatic rings. The van der Waals surface area contributed by atoms with Crippen LogP contribution in [-0.2, 0) is 4.79 Å².